The molecular weight excluding hydrogens is 408 g/mol. The van der Waals surface area contributed by atoms with Crippen LogP contribution in [-0.4, -0.2) is 27.6 Å². The van der Waals surface area contributed by atoms with Gasteiger partial charge in [-0.15, -0.1) is 20.5 Å². The number of fused-ring (bicyclic) bond motifs is 1. The molecule has 8 nitrogen and oxygen atoms in total. The Morgan fingerprint density at radius 2 is 1.96 bits per heavy atom. The molecule has 4 rings (SSSR count). The summed E-state index contributed by atoms with van der Waals surface area (Å²) in [4.78, 5) is 8.20. The number of anilines is 2. The minimum atomic E-state index is -3.97. The smallest absolute Gasteiger partial charge is 0.286 e. The normalized spacial score (nSPS) is 11.7. The lowest BCUT2D eigenvalue weighted by Gasteiger charge is -2.05. The third-order valence-electron chi connectivity index (χ3n) is 3.79. The quantitative estimate of drug-likeness (QED) is 0.509. The number of nitrogens with zero attached hydrogens (tertiary/aromatic N) is 4. The predicted octanol–water partition coefficient (Wildman–Crippen LogP) is 2.97. The summed E-state index contributed by atoms with van der Waals surface area (Å²) in [7, 11) is -3.97. The molecule has 0 saturated heterocycles. The van der Waals surface area contributed by atoms with Gasteiger partial charge in [0.05, 0.1) is 20.6 Å². The third kappa shape index (κ3) is 3.46. The van der Waals surface area contributed by atoms with Gasteiger partial charge in [-0.2, -0.15) is 13.4 Å². The molecule has 27 heavy (non-hydrogen) atoms. The van der Waals surface area contributed by atoms with Crippen LogP contribution >= 0.6 is 22.9 Å². The van der Waals surface area contributed by atoms with E-state index in [0.717, 1.165) is 19.9 Å². The lowest BCUT2D eigenvalue weighted by Crippen LogP contribution is -2.17. The highest BCUT2D eigenvalue weighted by molar-refractivity contribution is 7.90. The highest BCUT2D eigenvalue weighted by atomic mass is 35.5. The largest absolute Gasteiger partial charge is 0.367 e. The number of nitrogens with one attached hydrogen (secondary N) is 1. The molecule has 0 aliphatic carbocycles. The van der Waals surface area contributed by atoms with Crippen molar-refractivity contribution in [3.05, 3.63) is 58.6 Å². The second-order valence-corrected chi connectivity index (χ2v) is 8.69. The fraction of sp³-hybridized carbons (Fsp3) is 0.0625. The van der Waals surface area contributed by atoms with Crippen LogP contribution in [0.3, 0.4) is 0 Å². The van der Waals surface area contributed by atoms with Crippen molar-refractivity contribution in [3.8, 4) is 0 Å². The molecule has 0 amide bonds. The number of benzene rings is 2. The van der Waals surface area contributed by atoms with Crippen molar-refractivity contribution >= 4 is 55.1 Å². The Morgan fingerprint density at radius 3 is 2.74 bits per heavy atom. The number of nitrogens with two attached hydrogens (primary N) is 1. The number of halogens is 1. The number of hydrogen-bond acceptors (Lipinski definition) is 8. The number of hydrogen-bond donors (Lipinski definition) is 2. The fourth-order valence-corrected chi connectivity index (χ4v) is 4.54. The van der Waals surface area contributed by atoms with E-state index < -0.39 is 10.0 Å². The highest BCUT2D eigenvalue weighted by Crippen LogP contribution is 2.24. The van der Waals surface area contributed by atoms with Gasteiger partial charge in [-0.1, -0.05) is 23.7 Å². The second-order valence-electron chi connectivity index (χ2n) is 5.60. The molecule has 2 aromatic carbocycles. The average Bonchev–Trinajstić information content (AvgIpc) is 3.27. The Hall–Kier alpha value is -2.69. The van der Waals surface area contributed by atoms with E-state index in [2.05, 4.69) is 20.4 Å². The first-order chi connectivity index (χ1) is 12.9. The van der Waals surface area contributed by atoms with Gasteiger partial charge in [0.15, 0.2) is 0 Å². The van der Waals surface area contributed by atoms with Crippen LogP contribution in [0.4, 0.5) is 11.9 Å². The van der Waals surface area contributed by atoms with E-state index in [1.807, 2.05) is 12.1 Å². The van der Waals surface area contributed by atoms with Gasteiger partial charge in [0, 0.05) is 11.6 Å². The van der Waals surface area contributed by atoms with E-state index in [1.165, 1.54) is 17.4 Å². The van der Waals surface area contributed by atoms with E-state index in [1.54, 1.807) is 29.8 Å². The molecule has 138 valence electrons. The topological polar surface area (TPSA) is 116 Å². The van der Waals surface area contributed by atoms with Gasteiger partial charge in [0.25, 0.3) is 10.0 Å². The zero-order valence-corrected chi connectivity index (χ0v) is 16.1. The summed E-state index contributed by atoms with van der Waals surface area (Å²) >= 11 is 7.21. The molecule has 11 heteroatoms. The molecule has 2 aromatic heterocycles. The Morgan fingerprint density at radius 1 is 1.19 bits per heavy atom. The minimum Gasteiger partial charge on any atom is -0.367 e. The van der Waals surface area contributed by atoms with Crippen molar-refractivity contribution < 1.29 is 8.42 Å². The first kappa shape index (κ1) is 17.7. The number of rotatable bonds is 5. The molecule has 0 aliphatic rings. The lowest BCUT2D eigenvalue weighted by molar-refractivity contribution is 0.581. The van der Waals surface area contributed by atoms with Gasteiger partial charge in [0.2, 0.25) is 11.9 Å². The van der Waals surface area contributed by atoms with Gasteiger partial charge < -0.3 is 11.1 Å². The SMILES string of the molecule is Nc1nc(NCc2ccc(Cl)cc2)nn1S(=O)(=O)c1ccc2ncsc2c1. The fourth-order valence-electron chi connectivity index (χ4n) is 2.44. The van der Waals surface area contributed by atoms with Crippen molar-refractivity contribution in [3.63, 3.8) is 0 Å². The summed E-state index contributed by atoms with van der Waals surface area (Å²) in [6.45, 7) is 0.396. The molecule has 0 bridgehead atoms. The van der Waals surface area contributed by atoms with Crippen LogP contribution in [0.2, 0.25) is 5.02 Å². The average molecular weight is 421 g/mol. The number of thiazole rings is 1. The zero-order chi connectivity index (χ0) is 19.0. The molecule has 0 radical (unpaired) electrons. The van der Waals surface area contributed by atoms with Crippen molar-refractivity contribution in [1.29, 1.82) is 0 Å². The Kier molecular flexibility index (Phi) is 4.46. The number of nitrogen functional groups attached to an aromatic ring is 1. The van der Waals surface area contributed by atoms with Crippen molar-refractivity contribution in [2.45, 2.75) is 11.4 Å². The van der Waals surface area contributed by atoms with Gasteiger partial charge >= 0.3 is 0 Å². The maximum Gasteiger partial charge on any atom is 0.286 e. The van der Waals surface area contributed by atoms with E-state index >= 15 is 0 Å². The molecule has 0 saturated carbocycles. The summed E-state index contributed by atoms with van der Waals surface area (Å²) < 4.78 is 27.2. The van der Waals surface area contributed by atoms with E-state index in [0.29, 0.717) is 11.6 Å². The second kappa shape index (κ2) is 6.80. The third-order valence-corrected chi connectivity index (χ3v) is 6.41. The summed E-state index contributed by atoms with van der Waals surface area (Å²) in [6, 6.07) is 11.9. The van der Waals surface area contributed by atoms with Gasteiger partial charge in [-0.05, 0) is 35.9 Å². The monoisotopic (exact) mass is 420 g/mol. The van der Waals surface area contributed by atoms with Crippen molar-refractivity contribution in [2.24, 2.45) is 0 Å². The predicted molar refractivity (Wildman–Crippen MR) is 105 cm³/mol. The molecule has 0 fully saturated rings. The molecule has 0 atom stereocenters. The van der Waals surface area contributed by atoms with Crippen LogP contribution < -0.4 is 11.1 Å². The van der Waals surface area contributed by atoms with Crippen LogP contribution in [0.1, 0.15) is 5.56 Å². The maximum absolute atomic E-state index is 12.9. The molecule has 3 N–H and O–H groups in total. The van der Waals surface area contributed by atoms with Crippen molar-refractivity contribution in [1.82, 2.24) is 19.2 Å². The zero-order valence-electron chi connectivity index (χ0n) is 13.7. The summed E-state index contributed by atoms with van der Waals surface area (Å²) in [5.74, 6) is -0.108. The van der Waals surface area contributed by atoms with Crippen LogP contribution in [0.5, 0.6) is 0 Å². The minimum absolute atomic E-state index is 0.0695. The van der Waals surface area contributed by atoms with Gasteiger partial charge in [0.1, 0.15) is 0 Å². The molecular formula is C16H13ClN6O2S2. The Labute approximate surface area is 163 Å². The van der Waals surface area contributed by atoms with Gasteiger partial charge in [-0.25, -0.2) is 4.98 Å². The van der Waals surface area contributed by atoms with Gasteiger partial charge in [-0.3, -0.25) is 0 Å². The highest BCUT2D eigenvalue weighted by Gasteiger charge is 2.23. The standard InChI is InChI=1S/C16H13ClN6O2S2/c17-11-3-1-10(2-4-11)8-19-16-21-15(18)23(22-16)27(24,25)12-5-6-13-14(7-12)26-9-20-13/h1-7,9H,8H2,(H3,18,19,21,22). The molecule has 2 heterocycles. The first-order valence-electron chi connectivity index (χ1n) is 7.73. The summed E-state index contributed by atoms with van der Waals surface area (Å²) in [5.41, 5.74) is 9.12. The summed E-state index contributed by atoms with van der Waals surface area (Å²) in [5, 5.41) is 7.59. The Bertz CT molecular complexity index is 1220. The van der Waals surface area contributed by atoms with Crippen LogP contribution in [0, 0.1) is 0 Å². The van der Waals surface area contributed by atoms with Crippen LogP contribution in [-0.2, 0) is 16.6 Å². The van der Waals surface area contributed by atoms with E-state index in [-0.39, 0.29) is 16.8 Å². The maximum atomic E-state index is 12.9. The van der Waals surface area contributed by atoms with Crippen molar-refractivity contribution in [2.75, 3.05) is 11.1 Å². The molecule has 0 spiro atoms. The summed E-state index contributed by atoms with van der Waals surface area (Å²) in [6.07, 6.45) is 0. The molecule has 0 aliphatic heterocycles. The van der Waals surface area contributed by atoms with E-state index in [4.69, 9.17) is 17.3 Å². The lowest BCUT2D eigenvalue weighted by atomic mass is 10.2. The first-order valence-corrected chi connectivity index (χ1v) is 10.4. The van der Waals surface area contributed by atoms with Crippen LogP contribution in [0.15, 0.2) is 52.9 Å². The van der Waals surface area contributed by atoms with E-state index in [9.17, 15) is 8.42 Å². The van der Waals surface area contributed by atoms with Crippen LogP contribution in [0.25, 0.3) is 10.2 Å². The molecule has 4 aromatic rings. The Balaban J connectivity index is 1.60. The molecule has 0 unspecified atom stereocenters. The number of aromatic nitrogens is 4.